The van der Waals surface area contributed by atoms with Crippen molar-refractivity contribution >= 4 is 5.91 Å². The molecule has 31 heavy (non-hydrogen) atoms. The number of piperidine rings is 1. The SMILES string of the molecule is Cc1c(CC(C)C)cc2c(c1CC(C)NCC(=O)N1C3C(C)C3C[C@H]1C#N)CC(C)C2. The van der Waals surface area contributed by atoms with Crippen LogP contribution in [0.3, 0.4) is 0 Å². The Morgan fingerprint density at radius 1 is 1.26 bits per heavy atom. The van der Waals surface area contributed by atoms with Gasteiger partial charge in [-0.05, 0) is 97.4 Å². The number of fused-ring (bicyclic) bond motifs is 2. The average Bonchev–Trinajstić information content (AvgIpc) is 3.05. The average molecular weight is 422 g/mol. The van der Waals surface area contributed by atoms with Crippen LogP contribution in [0.1, 0.15) is 68.9 Å². The Morgan fingerprint density at radius 3 is 2.68 bits per heavy atom. The molecule has 0 spiro atoms. The number of hydrogen-bond donors (Lipinski definition) is 1. The first-order valence-electron chi connectivity index (χ1n) is 12.3. The molecule has 0 radical (unpaired) electrons. The zero-order chi connectivity index (χ0) is 22.4. The summed E-state index contributed by atoms with van der Waals surface area (Å²) >= 11 is 0. The van der Waals surface area contributed by atoms with Crippen LogP contribution >= 0.6 is 0 Å². The smallest absolute Gasteiger partial charge is 0.237 e. The van der Waals surface area contributed by atoms with Gasteiger partial charge >= 0.3 is 0 Å². The van der Waals surface area contributed by atoms with Crippen LogP contribution in [0, 0.1) is 41.9 Å². The molecular weight excluding hydrogens is 382 g/mol. The highest BCUT2D eigenvalue weighted by Gasteiger charge is 2.59. The van der Waals surface area contributed by atoms with Crippen LogP contribution in [0.5, 0.6) is 0 Å². The summed E-state index contributed by atoms with van der Waals surface area (Å²) in [6.45, 7) is 14.0. The molecule has 3 aliphatic rings. The van der Waals surface area contributed by atoms with Crippen molar-refractivity contribution in [3.63, 3.8) is 0 Å². The fourth-order valence-corrected chi connectivity index (χ4v) is 6.28. The summed E-state index contributed by atoms with van der Waals surface area (Å²) < 4.78 is 0. The van der Waals surface area contributed by atoms with Crippen molar-refractivity contribution < 1.29 is 4.79 Å². The fourth-order valence-electron chi connectivity index (χ4n) is 6.28. The Bertz CT molecular complexity index is 899. The van der Waals surface area contributed by atoms with Gasteiger partial charge in [-0.1, -0.05) is 33.8 Å². The highest BCUT2D eigenvalue weighted by molar-refractivity contribution is 5.80. The lowest BCUT2D eigenvalue weighted by molar-refractivity contribution is -0.131. The van der Waals surface area contributed by atoms with E-state index in [-0.39, 0.29) is 18.0 Å². The van der Waals surface area contributed by atoms with Gasteiger partial charge in [-0.2, -0.15) is 5.26 Å². The van der Waals surface area contributed by atoms with Crippen LogP contribution in [0.4, 0.5) is 0 Å². The second-order valence-electron chi connectivity index (χ2n) is 11.1. The van der Waals surface area contributed by atoms with Crippen LogP contribution < -0.4 is 5.32 Å². The van der Waals surface area contributed by atoms with E-state index in [1.807, 2.05) is 4.90 Å². The maximum atomic E-state index is 12.9. The van der Waals surface area contributed by atoms with E-state index < -0.39 is 0 Å². The minimum Gasteiger partial charge on any atom is -0.322 e. The van der Waals surface area contributed by atoms with Gasteiger partial charge in [-0.3, -0.25) is 4.79 Å². The van der Waals surface area contributed by atoms with E-state index in [4.69, 9.17) is 0 Å². The third-order valence-electron chi connectivity index (χ3n) is 8.00. The second kappa shape index (κ2) is 8.58. The van der Waals surface area contributed by atoms with Gasteiger partial charge in [0.05, 0.1) is 12.6 Å². The molecule has 1 aromatic rings. The Kier molecular flexibility index (Phi) is 6.19. The third-order valence-corrected chi connectivity index (χ3v) is 8.00. The first kappa shape index (κ1) is 22.3. The Morgan fingerprint density at radius 2 is 2.00 bits per heavy atom. The number of nitrogens with zero attached hydrogens (tertiary/aromatic N) is 2. The van der Waals surface area contributed by atoms with E-state index >= 15 is 0 Å². The van der Waals surface area contributed by atoms with Crippen molar-refractivity contribution in [1.29, 1.82) is 5.26 Å². The number of likely N-dealkylation sites (tertiary alicyclic amines) is 1. The number of carbonyl (C=O) groups is 1. The topological polar surface area (TPSA) is 56.1 Å². The van der Waals surface area contributed by atoms with Crippen molar-refractivity contribution in [2.75, 3.05) is 6.54 Å². The van der Waals surface area contributed by atoms with Gasteiger partial charge in [0.1, 0.15) is 6.04 Å². The number of amides is 1. The van der Waals surface area contributed by atoms with Gasteiger partial charge in [-0.15, -0.1) is 0 Å². The molecule has 4 nitrogen and oxygen atoms in total. The van der Waals surface area contributed by atoms with Crippen molar-refractivity contribution in [3.05, 3.63) is 33.9 Å². The maximum absolute atomic E-state index is 12.9. The molecule has 1 saturated carbocycles. The Balaban J connectivity index is 1.44. The molecule has 0 aromatic heterocycles. The van der Waals surface area contributed by atoms with Crippen LogP contribution in [-0.2, 0) is 30.5 Å². The number of carbonyl (C=O) groups excluding carboxylic acids is 1. The van der Waals surface area contributed by atoms with E-state index in [9.17, 15) is 10.1 Å². The zero-order valence-electron chi connectivity index (χ0n) is 20.2. The van der Waals surface area contributed by atoms with E-state index in [0.717, 1.165) is 25.2 Å². The fraction of sp³-hybridized carbons (Fsp3) is 0.704. The first-order valence-corrected chi connectivity index (χ1v) is 12.3. The standard InChI is InChI=1S/C27H39N3O/c1-15(2)7-20-11-21-8-16(3)9-25(21)23(18(20)5)10-17(4)29-14-26(31)30-22(13-28)12-24-19(6)27(24)30/h11,15-17,19,22,24,27,29H,7-10,12,14H2,1-6H3/t16?,17?,19?,22-,24?,27?/m0/s1. The molecule has 4 rings (SSSR count). The number of nitrogens with one attached hydrogen (secondary N) is 1. The largest absolute Gasteiger partial charge is 0.322 e. The van der Waals surface area contributed by atoms with E-state index in [0.29, 0.717) is 30.3 Å². The summed E-state index contributed by atoms with van der Waals surface area (Å²) in [5.74, 6) is 2.57. The highest BCUT2D eigenvalue weighted by Crippen LogP contribution is 2.52. The molecule has 0 bridgehead atoms. The van der Waals surface area contributed by atoms with Gasteiger partial charge in [0, 0.05) is 12.1 Å². The molecule has 1 aliphatic heterocycles. The third kappa shape index (κ3) is 4.27. The van der Waals surface area contributed by atoms with Gasteiger partial charge in [0.25, 0.3) is 0 Å². The predicted molar refractivity (Wildman–Crippen MR) is 125 cm³/mol. The normalized spacial score (nSPS) is 29.6. The van der Waals surface area contributed by atoms with Crippen molar-refractivity contribution in [2.24, 2.45) is 23.7 Å². The molecule has 6 atom stereocenters. The minimum atomic E-state index is -0.226. The Hall–Kier alpha value is -1.86. The number of rotatable bonds is 7. The van der Waals surface area contributed by atoms with E-state index in [2.05, 4.69) is 59.0 Å². The quantitative estimate of drug-likeness (QED) is 0.718. The molecular formula is C27H39N3O. The number of benzene rings is 1. The molecule has 5 unspecified atom stereocenters. The minimum absolute atomic E-state index is 0.0966. The lowest BCUT2D eigenvalue weighted by atomic mass is 9.87. The highest BCUT2D eigenvalue weighted by atomic mass is 16.2. The molecule has 1 amide bonds. The molecule has 4 heteroatoms. The van der Waals surface area contributed by atoms with Crippen LogP contribution in [0.15, 0.2) is 6.07 Å². The molecule has 2 aliphatic carbocycles. The predicted octanol–water partition coefficient (Wildman–Crippen LogP) is 4.21. The summed E-state index contributed by atoms with van der Waals surface area (Å²) in [4.78, 5) is 14.8. The molecule has 1 aromatic carbocycles. The summed E-state index contributed by atoms with van der Waals surface area (Å²) in [5, 5.41) is 12.9. The summed E-state index contributed by atoms with van der Waals surface area (Å²) in [6.07, 6.45) is 5.32. The molecule has 2 fully saturated rings. The van der Waals surface area contributed by atoms with Gasteiger partial charge < -0.3 is 10.2 Å². The maximum Gasteiger partial charge on any atom is 0.237 e. The molecule has 1 heterocycles. The lowest BCUT2D eigenvalue weighted by Gasteiger charge is -2.26. The summed E-state index contributed by atoms with van der Waals surface area (Å²) in [5.41, 5.74) is 7.59. The molecule has 1 N–H and O–H groups in total. The first-order chi connectivity index (χ1) is 14.7. The zero-order valence-corrected chi connectivity index (χ0v) is 20.2. The van der Waals surface area contributed by atoms with E-state index in [1.54, 1.807) is 11.1 Å². The molecule has 168 valence electrons. The van der Waals surface area contributed by atoms with E-state index in [1.165, 1.54) is 29.5 Å². The molecule has 1 saturated heterocycles. The van der Waals surface area contributed by atoms with Crippen molar-refractivity contribution in [2.45, 2.75) is 91.8 Å². The second-order valence-corrected chi connectivity index (χ2v) is 11.1. The van der Waals surface area contributed by atoms with Crippen LogP contribution in [0.25, 0.3) is 0 Å². The number of hydrogen-bond acceptors (Lipinski definition) is 3. The van der Waals surface area contributed by atoms with Crippen molar-refractivity contribution in [3.8, 4) is 6.07 Å². The van der Waals surface area contributed by atoms with Gasteiger partial charge in [0.2, 0.25) is 5.91 Å². The summed E-state index contributed by atoms with van der Waals surface area (Å²) in [7, 11) is 0. The lowest BCUT2D eigenvalue weighted by Crippen LogP contribution is -2.45. The van der Waals surface area contributed by atoms with Crippen molar-refractivity contribution in [1.82, 2.24) is 10.2 Å². The number of nitriles is 1. The van der Waals surface area contributed by atoms with Gasteiger partial charge in [-0.25, -0.2) is 0 Å². The monoisotopic (exact) mass is 421 g/mol. The van der Waals surface area contributed by atoms with Crippen LogP contribution in [0.2, 0.25) is 0 Å². The summed E-state index contributed by atoms with van der Waals surface area (Å²) in [6, 6.07) is 5.12. The van der Waals surface area contributed by atoms with Crippen LogP contribution in [-0.4, -0.2) is 35.5 Å². The Labute approximate surface area is 188 Å². The van der Waals surface area contributed by atoms with Gasteiger partial charge in [0.15, 0.2) is 0 Å².